The minimum atomic E-state index is 0.190. The van der Waals surface area contributed by atoms with Crippen molar-refractivity contribution < 1.29 is 4.79 Å². The van der Waals surface area contributed by atoms with Crippen molar-refractivity contribution in [2.24, 2.45) is 10.8 Å². The molecule has 22 heavy (non-hydrogen) atoms. The van der Waals surface area contributed by atoms with Gasteiger partial charge in [0.05, 0.1) is 0 Å². The van der Waals surface area contributed by atoms with Gasteiger partial charge in [0.2, 0.25) is 5.91 Å². The molecule has 1 rings (SSSR count). The van der Waals surface area contributed by atoms with Crippen LogP contribution in [-0.2, 0) is 4.79 Å². The number of hydrogen-bond donors (Lipinski definition) is 1. The number of likely N-dealkylation sites (tertiary alicyclic amines) is 1. The normalized spacial score (nSPS) is 15.0. The van der Waals surface area contributed by atoms with Crippen LogP contribution >= 0.6 is 0 Å². The highest BCUT2D eigenvalue weighted by Crippen LogP contribution is 2.19. The van der Waals surface area contributed by atoms with Gasteiger partial charge in [-0.25, -0.2) is 0 Å². The summed E-state index contributed by atoms with van der Waals surface area (Å²) in [6.07, 6.45) is 4.14. The number of nitrogens with one attached hydrogen (secondary N) is 1. The highest BCUT2D eigenvalue weighted by atomic mass is 16.2. The monoisotopic (exact) mass is 312 g/mol. The van der Waals surface area contributed by atoms with E-state index < -0.39 is 0 Å². The molecule has 0 aliphatic carbocycles. The van der Waals surface area contributed by atoms with Gasteiger partial charge in [-0.1, -0.05) is 61.5 Å². The van der Waals surface area contributed by atoms with Crippen molar-refractivity contribution in [2.75, 3.05) is 20.6 Å². The first-order chi connectivity index (χ1) is 9.84. The minimum Gasteiger partial charge on any atom is -0.320 e. The number of rotatable bonds is 2. The van der Waals surface area contributed by atoms with Gasteiger partial charge in [-0.2, -0.15) is 0 Å². The molecule has 1 amide bonds. The van der Waals surface area contributed by atoms with Crippen molar-refractivity contribution in [1.29, 1.82) is 0 Å². The third-order valence-corrected chi connectivity index (χ3v) is 3.18. The molecule has 0 radical (unpaired) electrons. The van der Waals surface area contributed by atoms with E-state index in [0.29, 0.717) is 17.3 Å². The predicted octanol–water partition coefficient (Wildman–Crippen LogP) is 4.84. The molecular formula is C19H40N2O. The SMILES string of the molecule is C=C1CCC(=O)N1C.CCCC(C)(C)C.CNCC(C)(C)C. The van der Waals surface area contributed by atoms with Gasteiger partial charge in [-0.05, 0) is 37.3 Å². The van der Waals surface area contributed by atoms with Crippen molar-refractivity contribution in [3.05, 3.63) is 12.3 Å². The zero-order chi connectivity index (χ0) is 18.0. The van der Waals surface area contributed by atoms with E-state index in [1.165, 1.54) is 12.8 Å². The maximum Gasteiger partial charge on any atom is 0.226 e. The van der Waals surface area contributed by atoms with Gasteiger partial charge in [0.15, 0.2) is 0 Å². The fourth-order valence-electron chi connectivity index (χ4n) is 2.04. The second kappa shape index (κ2) is 10.8. The van der Waals surface area contributed by atoms with E-state index >= 15 is 0 Å². The van der Waals surface area contributed by atoms with E-state index in [0.717, 1.165) is 18.7 Å². The number of allylic oxidation sites excluding steroid dienone is 1. The van der Waals surface area contributed by atoms with Crippen molar-refractivity contribution >= 4 is 5.91 Å². The summed E-state index contributed by atoms with van der Waals surface area (Å²) in [5, 5.41) is 3.11. The van der Waals surface area contributed by atoms with Gasteiger partial charge in [0.25, 0.3) is 0 Å². The van der Waals surface area contributed by atoms with Crippen LogP contribution in [0.1, 0.15) is 74.1 Å². The third-order valence-electron chi connectivity index (χ3n) is 3.18. The van der Waals surface area contributed by atoms with Gasteiger partial charge in [0, 0.05) is 19.2 Å². The lowest BCUT2D eigenvalue weighted by Gasteiger charge is -2.16. The largest absolute Gasteiger partial charge is 0.320 e. The van der Waals surface area contributed by atoms with Crippen LogP contribution in [0.25, 0.3) is 0 Å². The zero-order valence-electron chi connectivity index (χ0n) is 16.6. The Labute approximate surface area is 139 Å². The molecule has 0 aromatic heterocycles. The van der Waals surface area contributed by atoms with E-state index in [1.807, 2.05) is 7.05 Å². The number of amides is 1. The molecule has 1 heterocycles. The molecule has 0 atom stereocenters. The fraction of sp³-hybridized carbons (Fsp3) is 0.842. The Bertz CT molecular complexity index is 289. The summed E-state index contributed by atoms with van der Waals surface area (Å²) in [6, 6.07) is 0. The van der Waals surface area contributed by atoms with Crippen LogP contribution in [0.2, 0.25) is 0 Å². The molecule has 0 aromatic carbocycles. The lowest BCUT2D eigenvalue weighted by atomic mass is 9.91. The minimum absolute atomic E-state index is 0.190. The average molecular weight is 313 g/mol. The maximum atomic E-state index is 10.6. The molecule has 1 aliphatic heterocycles. The van der Waals surface area contributed by atoms with Crippen LogP contribution in [-0.4, -0.2) is 31.4 Å². The molecule has 0 unspecified atom stereocenters. The average Bonchev–Trinajstić information content (AvgIpc) is 2.59. The van der Waals surface area contributed by atoms with Crippen LogP contribution in [0.15, 0.2) is 12.3 Å². The Morgan fingerprint density at radius 1 is 1.09 bits per heavy atom. The quantitative estimate of drug-likeness (QED) is 0.791. The Morgan fingerprint density at radius 2 is 1.59 bits per heavy atom. The summed E-state index contributed by atoms with van der Waals surface area (Å²) in [7, 11) is 3.74. The van der Waals surface area contributed by atoms with Crippen LogP contribution in [0, 0.1) is 10.8 Å². The standard InChI is InChI=1S/C7H16.C6H9NO.C6H15N/c1-5-6-7(2,3)4;1-5-3-4-6(8)7(5)2;1-6(2,3)5-7-4/h5-6H2,1-4H3;1,3-4H2,2H3;7H,5H2,1-4H3. The molecule has 0 aromatic rings. The molecule has 0 spiro atoms. The molecule has 132 valence electrons. The first kappa shape index (κ1) is 23.4. The lowest BCUT2D eigenvalue weighted by Crippen LogP contribution is -2.22. The van der Waals surface area contributed by atoms with Crippen molar-refractivity contribution in [1.82, 2.24) is 10.2 Å². The van der Waals surface area contributed by atoms with E-state index in [-0.39, 0.29) is 5.91 Å². The number of nitrogens with zero attached hydrogens (tertiary/aromatic N) is 1. The summed E-state index contributed by atoms with van der Waals surface area (Å²) in [5.74, 6) is 0.190. The van der Waals surface area contributed by atoms with Crippen molar-refractivity contribution in [3.63, 3.8) is 0 Å². The maximum absolute atomic E-state index is 10.6. The van der Waals surface area contributed by atoms with Crippen LogP contribution < -0.4 is 5.32 Å². The molecule has 1 N–H and O–H groups in total. The predicted molar refractivity (Wildman–Crippen MR) is 98.9 cm³/mol. The Morgan fingerprint density at radius 3 is 1.64 bits per heavy atom. The number of hydrogen-bond acceptors (Lipinski definition) is 2. The highest BCUT2D eigenvalue weighted by Gasteiger charge is 2.18. The second-order valence-corrected chi connectivity index (χ2v) is 8.42. The number of carbonyl (C=O) groups is 1. The van der Waals surface area contributed by atoms with Gasteiger partial charge in [-0.3, -0.25) is 4.79 Å². The summed E-state index contributed by atoms with van der Waals surface area (Å²) >= 11 is 0. The van der Waals surface area contributed by atoms with Crippen LogP contribution in [0.3, 0.4) is 0 Å². The lowest BCUT2D eigenvalue weighted by molar-refractivity contribution is -0.125. The molecular weight excluding hydrogens is 272 g/mol. The zero-order valence-corrected chi connectivity index (χ0v) is 16.6. The summed E-state index contributed by atoms with van der Waals surface area (Å²) < 4.78 is 0. The Hall–Kier alpha value is -0.830. The molecule has 1 aliphatic rings. The second-order valence-electron chi connectivity index (χ2n) is 8.42. The molecule has 1 fully saturated rings. The molecule has 0 saturated carbocycles. The van der Waals surface area contributed by atoms with Gasteiger partial charge >= 0.3 is 0 Å². The first-order valence-electron chi connectivity index (χ1n) is 8.43. The Kier molecular flexibility index (Phi) is 11.5. The fourth-order valence-corrected chi connectivity index (χ4v) is 2.04. The molecule has 3 nitrogen and oxygen atoms in total. The van der Waals surface area contributed by atoms with E-state index in [4.69, 9.17) is 0 Å². The van der Waals surface area contributed by atoms with Crippen LogP contribution in [0.4, 0.5) is 0 Å². The summed E-state index contributed by atoms with van der Waals surface area (Å²) in [6.45, 7) is 20.5. The van der Waals surface area contributed by atoms with Crippen molar-refractivity contribution in [2.45, 2.75) is 74.1 Å². The summed E-state index contributed by atoms with van der Waals surface area (Å²) in [5.41, 5.74) is 1.93. The van der Waals surface area contributed by atoms with Gasteiger partial charge < -0.3 is 10.2 Å². The summed E-state index contributed by atoms with van der Waals surface area (Å²) in [4.78, 5) is 12.3. The van der Waals surface area contributed by atoms with Gasteiger partial charge in [0.1, 0.15) is 0 Å². The highest BCUT2D eigenvalue weighted by molar-refractivity contribution is 5.80. The van der Waals surface area contributed by atoms with E-state index in [2.05, 4.69) is 60.4 Å². The smallest absolute Gasteiger partial charge is 0.226 e. The third kappa shape index (κ3) is 15.6. The Balaban J connectivity index is 0. The number of carbonyl (C=O) groups excluding carboxylic acids is 1. The molecule has 1 saturated heterocycles. The van der Waals surface area contributed by atoms with E-state index in [1.54, 1.807) is 11.9 Å². The van der Waals surface area contributed by atoms with Crippen molar-refractivity contribution in [3.8, 4) is 0 Å². The topological polar surface area (TPSA) is 32.3 Å². The van der Waals surface area contributed by atoms with Gasteiger partial charge in [-0.15, -0.1) is 0 Å². The van der Waals surface area contributed by atoms with E-state index in [9.17, 15) is 4.79 Å². The first-order valence-corrected chi connectivity index (χ1v) is 8.43. The van der Waals surface area contributed by atoms with Crippen LogP contribution in [0.5, 0.6) is 0 Å². The molecule has 3 heteroatoms. The molecule has 0 bridgehead atoms.